The van der Waals surface area contributed by atoms with Crippen molar-refractivity contribution in [3.8, 4) is 0 Å². The van der Waals surface area contributed by atoms with E-state index in [1.54, 1.807) is 6.92 Å². The lowest BCUT2D eigenvalue weighted by atomic mass is 10.2. The van der Waals surface area contributed by atoms with Gasteiger partial charge in [-0.05, 0) is 19.9 Å². The Hall–Kier alpha value is -0.290. The van der Waals surface area contributed by atoms with E-state index in [-0.39, 0.29) is 6.61 Å². The largest absolute Gasteiger partial charge is 0.428 e. The van der Waals surface area contributed by atoms with Crippen LogP contribution >= 0.6 is 0 Å². The Labute approximate surface area is 82.8 Å². The molecule has 2 nitrogen and oxygen atoms in total. The molecule has 1 atom stereocenters. The molecule has 5 heteroatoms. The van der Waals surface area contributed by atoms with E-state index >= 15 is 0 Å². The molecule has 1 N–H and O–H groups in total. The van der Waals surface area contributed by atoms with E-state index < -0.39 is 12.4 Å². The number of hydrogen-bond acceptors (Lipinski definition) is 2. The molecule has 0 saturated heterocycles. The predicted molar refractivity (Wildman–Crippen MR) is 49.0 cm³/mol. The average molecular weight is 213 g/mol. The number of alkyl halides is 3. The summed E-state index contributed by atoms with van der Waals surface area (Å²) in [4.78, 5) is 0. The van der Waals surface area contributed by atoms with Gasteiger partial charge in [0.05, 0.1) is 0 Å². The van der Waals surface area contributed by atoms with Gasteiger partial charge in [0.15, 0.2) is 0 Å². The van der Waals surface area contributed by atoms with E-state index in [1.807, 2.05) is 6.92 Å². The van der Waals surface area contributed by atoms with Gasteiger partial charge in [-0.1, -0.05) is 19.8 Å². The van der Waals surface area contributed by atoms with Crippen molar-refractivity contribution in [1.29, 1.82) is 0 Å². The van der Waals surface area contributed by atoms with Gasteiger partial charge in [0.25, 0.3) is 0 Å². The van der Waals surface area contributed by atoms with Crippen LogP contribution in [-0.2, 0) is 4.74 Å². The molecule has 0 bridgehead atoms. The van der Waals surface area contributed by atoms with Crippen LogP contribution in [-0.4, -0.2) is 25.6 Å². The van der Waals surface area contributed by atoms with Gasteiger partial charge < -0.3 is 4.74 Å². The van der Waals surface area contributed by atoms with Crippen LogP contribution in [0.4, 0.5) is 13.2 Å². The third-order valence-corrected chi connectivity index (χ3v) is 1.74. The molecule has 1 unspecified atom stereocenters. The molecule has 0 aromatic carbocycles. The van der Waals surface area contributed by atoms with E-state index in [1.165, 1.54) is 0 Å². The topological polar surface area (TPSA) is 21.3 Å². The summed E-state index contributed by atoms with van der Waals surface area (Å²) in [6.45, 7) is 3.96. The number of halogens is 3. The first-order valence-electron chi connectivity index (χ1n) is 4.94. The molecule has 0 aliphatic carbocycles. The molecular weight excluding hydrogens is 195 g/mol. The van der Waals surface area contributed by atoms with E-state index in [2.05, 4.69) is 10.1 Å². The maximum absolute atomic E-state index is 12.2. The van der Waals surface area contributed by atoms with Crippen LogP contribution in [0.25, 0.3) is 0 Å². The van der Waals surface area contributed by atoms with E-state index in [9.17, 15) is 13.2 Å². The van der Waals surface area contributed by atoms with Crippen LogP contribution < -0.4 is 5.32 Å². The van der Waals surface area contributed by atoms with E-state index in [0.717, 1.165) is 19.3 Å². The summed E-state index contributed by atoms with van der Waals surface area (Å²) in [5.74, 6) is 0. The molecule has 0 rings (SSSR count). The SMILES string of the molecule is CCCCCNC(OCC)C(F)(F)F. The Morgan fingerprint density at radius 1 is 1.21 bits per heavy atom. The van der Waals surface area contributed by atoms with Crippen LogP contribution in [0.3, 0.4) is 0 Å². The Morgan fingerprint density at radius 3 is 2.29 bits per heavy atom. The highest BCUT2D eigenvalue weighted by atomic mass is 19.4. The van der Waals surface area contributed by atoms with Crippen molar-refractivity contribution in [2.75, 3.05) is 13.2 Å². The maximum atomic E-state index is 12.2. The molecule has 0 saturated carbocycles. The van der Waals surface area contributed by atoms with Crippen LogP contribution in [0.2, 0.25) is 0 Å². The molecule has 0 aromatic heterocycles. The van der Waals surface area contributed by atoms with Gasteiger partial charge in [0.2, 0.25) is 6.23 Å². The molecule has 0 radical (unpaired) electrons. The number of unbranched alkanes of at least 4 members (excludes halogenated alkanes) is 2. The third-order valence-electron chi connectivity index (χ3n) is 1.74. The number of nitrogens with one attached hydrogen (secondary N) is 1. The highest BCUT2D eigenvalue weighted by Gasteiger charge is 2.39. The molecule has 0 fully saturated rings. The van der Waals surface area contributed by atoms with Gasteiger partial charge in [-0.15, -0.1) is 0 Å². The predicted octanol–water partition coefficient (Wildman–Crippen LogP) is 2.69. The molecule has 0 aliphatic rings. The number of hydrogen-bond donors (Lipinski definition) is 1. The summed E-state index contributed by atoms with van der Waals surface area (Å²) in [7, 11) is 0. The van der Waals surface area contributed by atoms with Crippen molar-refractivity contribution in [1.82, 2.24) is 5.32 Å². The summed E-state index contributed by atoms with van der Waals surface area (Å²) >= 11 is 0. The first-order chi connectivity index (χ1) is 6.52. The van der Waals surface area contributed by atoms with E-state index in [0.29, 0.717) is 6.54 Å². The van der Waals surface area contributed by atoms with Crippen LogP contribution in [0.5, 0.6) is 0 Å². The zero-order valence-electron chi connectivity index (χ0n) is 8.66. The van der Waals surface area contributed by atoms with Crippen LogP contribution in [0.15, 0.2) is 0 Å². The molecule has 0 aliphatic heterocycles. The first kappa shape index (κ1) is 13.7. The van der Waals surface area contributed by atoms with Gasteiger partial charge in [-0.3, -0.25) is 5.32 Å². The minimum atomic E-state index is -4.32. The minimum absolute atomic E-state index is 0.0605. The molecule has 0 heterocycles. The summed E-state index contributed by atoms with van der Waals surface area (Å²) in [5.41, 5.74) is 0. The quantitative estimate of drug-likeness (QED) is 0.518. The average Bonchev–Trinajstić information content (AvgIpc) is 2.08. The Bertz CT molecular complexity index is 139. The second-order valence-corrected chi connectivity index (χ2v) is 3.04. The van der Waals surface area contributed by atoms with Crippen molar-refractivity contribution >= 4 is 0 Å². The summed E-state index contributed by atoms with van der Waals surface area (Å²) < 4.78 is 41.2. The summed E-state index contributed by atoms with van der Waals surface area (Å²) in [6.07, 6.45) is -3.46. The molecule has 86 valence electrons. The van der Waals surface area contributed by atoms with Gasteiger partial charge >= 0.3 is 6.18 Å². The van der Waals surface area contributed by atoms with Crippen molar-refractivity contribution in [2.24, 2.45) is 0 Å². The second kappa shape index (κ2) is 7.06. The lowest BCUT2D eigenvalue weighted by molar-refractivity contribution is -0.229. The molecule has 0 aromatic rings. The first-order valence-corrected chi connectivity index (χ1v) is 4.94. The minimum Gasteiger partial charge on any atom is -0.354 e. The fraction of sp³-hybridized carbons (Fsp3) is 1.00. The fourth-order valence-corrected chi connectivity index (χ4v) is 1.04. The highest BCUT2D eigenvalue weighted by Crippen LogP contribution is 2.20. The zero-order chi connectivity index (χ0) is 11.0. The van der Waals surface area contributed by atoms with Crippen LogP contribution in [0.1, 0.15) is 33.1 Å². The lowest BCUT2D eigenvalue weighted by Gasteiger charge is -2.21. The molecule has 14 heavy (non-hydrogen) atoms. The summed E-state index contributed by atoms with van der Waals surface area (Å²) in [5, 5.41) is 2.35. The van der Waals surface area contributed by atoms with Gasteiger partial charge in [-0.2, -0.15) is 13.2 Å². The van der Waals surface area contributed by atoms with Gasteiger partial charge in [0.1, 0.15) is 0 Å². The van der Waals surface area contributed by atoms with E-state index in [4.69, 9.17) is 0 Å². The maximum Gasteiger partial charge on any atom is 0.428 e. The normalized spacial score (nSPS) is 14.4. The molecule has 0 spiro atoms. The monoisotopic (exact) mass is 213 g/mol. The van der Waals surface area contributed by atoms with Crippen molar-refractivity contribution < 1.29 is 17.9 Å². The molecule has 0 amide bonds. The Kier molecular flexibility index (Phi) is 6.92. The smallest absolute Gasteiger partial charge is 0.354 e. The molecular formula is C9H18F3NO. The van der Waals surface area contributed by atoms with Gasteiger partial charge in [-0.25, -0.2) is 0 Å². The third kappa shape index (κ3) is 6.21. The highest BCUT2D eigenvalue weighted by molar-refractivity contribution is 4.64. The second-order valence-electron chi connectivity index (χ2n) is 3.04. The Morgan fingerprint density at radius 2 is 1.86 bits per heavy atom. The van der Waals surface area contributed by atoms with Crippen molar-refractivity contribution in [3.05, 3.63) is 0 Å². The van der Waals surface area contributed by atoms with Crippen molar-refractivity contribution in [3.63, 3.8) is 0 Å². The number of ether oxygens (including phenoxy) is 1. The standard InChI is InChI=1S/C9H18F3NO/c1-3-5-6-7-13-8(14-4-2)9(10,11)12/h8,13H,3-7H2,1-2H3. The van der Waals surface area contributed by atoms with Crippen molar-refractivity contribution in [2.45, 2.75) is 45.5 Å². The number of rotatable bonds is 7. The summed E-state index contributed by atoms with van der Waals surface area (Å²) in [6, 6.07) is 0. The zero-order valence-corrected chi connectivity index (χ0v) is 8.66. The Balaban J connectivity index is 3.74. The van der Waals surface area contributed by atoms with Gasteiger partial charge in [0, 0.05) is 6.61 Å². The fourth-order valence-electron chi connectivity index (χ4n) is 1.04. The van der Waals surface area contributed by atoms with Crippen LogP contribution in [0, 0.1) is 0 Å². The lowest BCUT2D eigenvalue weighted by Crippen LogP contribution is -2.44.